The fraction of sp³-hybridized carbons (Fsp3) is 0.571. The fourth-order valence-electron chi connectivity index (χ4n) is 2.61. The van der Waals surface area contributed by atoms with E-state index in [0.717, 1.165) is 12.0 Å². The van der Waals surface area contributed by atoms with Crippen molar-refractivity contribution >= 4 is 0 Å². The molecule has 3 nitrogen and oxygen atoms in total. The standard InChI is InChI=1S/C14H21NO2/c1-10(11-5-3-6-12(16)9-11)15-13-7-4-8-14(13)17-2/h3,5-6,9-10,13-16H,4,7-8H2,1-2H3. The van der Waals surface area contributed by atoms with Crippen molar-refractivity contribution in [1.29, 1.82) is 0 Å². The zero-order valence-electron chi connectivity index (χ0n) is 10.5. The summed E-state index contributed by atoms with van der Waals surface area (Å²) in [4.78, 5) is 0. The summed E-state index contributed by atoms with van der Waals surface area (Å²) < 4.78 is 5.47. The molecule has 3 unspecified atom stereocenters. The van der Waals surface area contributed by atoms with Gasteiger partial charge < -0.3 is 15.2 Å². The van der Waals surface area contributed by atoms with Crippen molar-refractivity contribution in [3.05, 3.63) is 29.8 Å². The second-order valence-corrected chi connectivity index (χ2v) is 4.79. The lowest BCUT2D eigenvalue weighted by atomic mass is 10.1. The van der Waals surface area contributed by atoms with Gasteiger partial charge in [0.25, 0.3) is 0 Å². The highest BCUT2D eigenvalue weighted by atomic mass is 16.5. The number of phenolic OH excluding ortho intramolecular Hbond substituents is 1. The van der Waals surface area contributed by atoms with Gasteiger partial charge >= 0.3 is 0 Å². The number of nitrogens with one attached hydrogen (secondary N) is 1. The molecule has 1 aliphatic carbocycles. The molecular weight excluding hydrogens is 214 g/mol. The summed E-state index contributed by atoms with van der Waals surface area (Å²) in [5, 5.41) is 13.1. The van der Waals surface area contributed by atoms with Crippen molar-refractivity contribution in [2.75, 3.05) is 7.11 Å². The zero-order chi connectivity index (χ0) is 12.3. The summed E-state index contributed by atoms with van der Waals surface area (Å²) in [6, 6.07) is 8.10. The fourth-order valence-corrected chi connectivity index (χ4v) is 2.61. The molecule has 0 bridgehead atoms. The van der Waals surface area contributed by atoms with Crippen LogP contribution in [-0.2, 0) is 4.74 Å². The summed E-state index contributed by atoms with van der Waals surface area (Å²) in [5.41, 5.74) is 1.12. The highest BCUT2D eigenvalue weighted by molar-refractivity contribution is 5.29. The molecule has 0 spiro atoms. The highest BCUT2D eigenvalue weighted by Crippen LogP contribution is 2.25. The largest absolute Gasteiger partial charge is 0.508 e. The van der Waals surface area contributed by atoms with Crippen LogP contribution in [-0.4, -0.2) is 24.4 Å². The molecule has 3 atom stereocenters. The van der Waals surface area contributed by atoms with Gasteiger partial charge in [0, 0.05) is 19.2 Å². The van der Waals surface area contributed by atoms with Gasteiger partial charge in [0.1, 0.15) is 5.75 Å². The van der Waals surface area contributed by atoms with Crippen LogP contribution in [0.1, 0.15) is 37.8 Å². The first kappa shape index (κ1) is 12.4. The number of phenols is 1. The van der Waals surface area contributed by atoms with Crippen LogP contribution in [0.4, 0.5) is 0 Å². The lowest BCUT2D eigenvalue weighted by molar-refractivity contribution is 0.0819. The Morgan fingerprint density at radius 2 is 2.24 bits per heavy atom. The van der Waals surface area contributed by atoms with E-state index in [2.05, 4.69) is 12.2 Å². The Labute approximate surface area is 103 Å². The Morgan fingerprint density at radius 3 is 2.94 bits per heavy atom. The number of hydrogen-bond donors (Lipinski definition) is 2. The first-order chi connectivity index (χ1) is 8.20. The quantitative estimate of drug-likeness (QED) is 0.843. The molecule has 17 heavy (non-hydrogen) atoms. The molecule has 3 heteroatoms. The first-order valence-corrected chi connectivity index (χ1v) is 6.28. The van der Waals surface area contributed by atoms with Crippen molar-refractivity contribution in [1.82, 2.24) is 5.32 Å². The third-order valence-corrected chi connectivity index (χ3v) is 3.59. The first-order valence-electron chi connectivity index (χ1n) is 6.28. The van der Waals surface area contributed by atoms with Crippen molar-refractivity contribution in [3.63, 3.8) is 0 Å². The molecule has 1 fully saturated rings. The number of benzene rings is 1. The molecule has 94 valence electrons. The SMILES string of the molecule is COC1CCCC1NC(C)c1cccc(O)c1. The van der Waals surface area contributed by atoms with Crippen LogP contribution in [0.25, 0.3) is 0 Å². The van der Waals surface area contributed by atoms with Crippen LogP contribution >= 0.6 is 0 Å². The van der Waals surface area contributed by atoms with Gasteiger partial charge in [-0.05, 0) is 43.9 Å². The third kappa shape index (κ3) is 2.99. The third-order valence-electron chi connectivity index (χ3n) is 3.59. The van der Waals surface area contributed by atoms with Gasteiger partial charge in [-0.2, -0.15) is 0 Å². The maximum absolute atomic E-state index is 9.47. The number of rotatable bonds is 4. The molecule has 2 N–H and O–H groups in total. The Morgan fingerprint density at radius 1 is 1.41 bits per heavy atom. The van der Waals surface area contributed by atoms with E-state index < -0.39 is 0 Å². The Kier molecular flexibility index (Phi) is 4.02. The summed E-state index contributed by atoms with van der Waals surface area (Å²) in [7, 11) is 1.78. The van der Waals surface area contributed by atoms with Gasteiger partial charge in [-0.1, -0.05) is 12.1 Å². The number of aromatic hydroxyl groups is 1. The summed E-state index contributed by atoms with van der Waals surface area (Å²) in [5.74, 6) is 0.325. The van der Waals surface area contributed by atoms with Crippen LogP contribution < -0.4 is 5.32 Å². The molecule has 0 aliphatic heterocycles. The minimum Gasteiger partial charge on any atom is -0.508 e. The molecule has 1 saturated carbocycles. The van der Waals surface area contributed by atoms with Gasteiger partial charge in [-0.3, -0.25) is 0 Å². The van der Waals surface area contributed by atoms with E-state index in [1.165, 1.54) is 12.8 Å². The monoisotopic (exact) mass is 235 g/mol. The van der Waals surface area contributed by atoms with E-state index in [9.17, 15) is 5.11 Å². The van der Waals surface area contributed by atoms with Crippen LogP contribution in [0.3, 0.4) is 0 Å². The molecule has 0 saturated heterocycles. The number of methoxy groups -OCH3 is 1. The van der Waals surface area contributed by atoms with Gasteiger partial charge in [-0.25, -0.2) is 0 Å². The predicted molar refractivity (Wildman–Crippen MR) is 68.1 cm³/mol. The second kappa shape index (κ2) is 5.52. The molecule has 0 amide bonds. The van der Waals surface area contributed by atoms with E-state index in [1.807, 2.05) is 18.2 Å². The average Bonchev–Trinajstić information content (AvgIpc) is 2.76. The lowest BCUT2D eigenvalue weighted by Crippen LogP contribution is -2.38. The van der Waals surface area contributed by atoms with Gasteiger partial charge in [0.15, 0.2) is 0 Å². The molecule has 1 aromatic carbocycles. The number of ether oxygens (including phenoxy) is 1. The van der Waals surface area contributed by atoms with Crippen molar-refractivity contribution in [2.24, 2.45) is 0 Å². The minimum absolute atomic E-state index is 0.239. The summed E-state index contributed by atoms with van der Waals surface area (Å²) in [6.45, 7) is 2.12. The molecule has 0 heterocycles. The maximum Gasteiger partial charge on any atom is 0.115 e. The summed E-state index contributed by atoms with van der Waals surface area (Å²) >= 11 is 0. The van der Waals surface area contributed by atoms with Gasteiger partial charge in [0.05, 0.1) is 6.10 Å². The topological polar surface area (TPSA) is 41.5 Å². The minimum atomic E-state index is 0.239. The molecule has 0 radical (unpaired) electrons. The van der Waals surface area contributed by atoms with E-state index in [1.54, 1.807) is 13.2 Å². The van der Waals surface area contributed by atoms with Crippen molar-refractivity contribution in [2.45, 2.75) is 44.4 Å². The van der Waals surface area contributed by atoms with E-state index in [4.69, 9.17) is 4.74 Å². The van der Waals surface area contributed by atoms with Crippen molar-refractivity contribution < 1.29 is 9.84 Å². The molecule has 0 aromatic heterocycles. The van der Waals surface area contributed by atoms with E-state index in [0.29, 0.717) is 17.9 Å². The van der Waals surface area contributed by atoms with Gasteiger partial charge in [-0.15, -0.1) is 0 Å². The van der Waals surface area contributed by atoms with Crippen LogP contribution in [0.2, 0.25) is 0 Å². The normalized spacial score (nSPS) is 26.0. The Hall–Kier alpha value is -1.06. The smallest absolute Gasteiger partial charge is 0.115 e. The Bertz CT molecular complexity index is 367. The molecular formula is C14H21NO2. The lowest BCUT2D eigenvalue weighted by Gasteiger charge is -2.24. The van der Waals surface area contributed by atoms with Crippen LogP contribution in [0.15, 0.2) is 24.3 Å². The summed E-state index contributed by atoms with van der Waals surface area (Å²) in [6.07, 6.45) is 3.86. The van der Waals surface area contributed by atoms with Crippen molar-refractivity contribution in [3.8, 4) is 5.75 Å². The van der Waals surface area contributed by atoms with Crippen LogP contribution in [0.5, 0.6) is 5.75 Å². The molecule has 1 aromatic rings. The van der Waals surface area contributed by atoms with E-state index in [-0.39, 0.29) is 6.04 Å². The average molecular weight is 235 g/mol. The predicted octanol–water partition coefficient (Wildman–Crippen LogP) is 2.61. The Balaban J connectivity index is 1.99. The van der Waals surface area contributed by atoms with Gasteiger partial charge in [0.2, 0.25) is 0 Å². The molecule has 2 rings (SSSR count). The maximum atomic E-state index is 9.47. The van der Waals surface area contributed by atoms with E-state index >= 15 is 0 Å². The zero-order valence-corrected chi connectivity index (χ0v) is 10.5. The number of hydrogen-bond acceptors (Lipinski definition) is 3. The second-order valence-electron chi connectivity index (χ2n) is 4.79. The van der Waals surface area contributed by atoms with Crippen LogP contribution in [0, 0.1) is 0 Å². The highest BCUT2D eigenvalue weighted by Gasteiger charge is 2.28. The molecule has 1 aliphatic rings.